The van der Waals surface area contributed by atoms with Gasteiger partial charge in [-0.05, 0) is 37.5 Å². The Balaban J connectivity index is 2.07. The van der Waals surface area contributed by atoms with Gasteiger partial charge in [-0.15, -0.1) is 0 Å². The molecule has 0 saturated carbocycles. The number of ether oxygens (including phenoxy) is 2. The molecule has 0 amide bonds. The molecule has 0 unspecified atom stereocenters. The van der Waals surface area contributed by atoms with Crippen LogP contribution in [0.1, 0.15) is 105 Å². The predicted molar refractivity (Wildman–Crippen MR) is 114 cm³/mol. The molecule has 0 atom stereocenters. The minimum Gasteiger partial charge on any atom is -0.496 e. The van der Waals surface area contributed by atoms with Crippen molar-refractivity contribution in [3.63, 3.8) is 0 Å². The van der Waals surface area contributed by atoms with Gasteiger partial charge in [0.1, 0.15) is 11.3 Å². The first kappa shape index (κ1) is 23.5. The number of esters is 1. The van der Waals surface area contributed by atoms with Crippen LogP contribution < -0.4 is 4.74 Å². The molecule has 0 heterocycles. The molecule has 0 N–H and O–H groups in total. The third-order valence-electron chi connectivity index (χ3n) is 5.33. The molecule has 1 aromatic carbocycles. The zero-order valence-corrected chi connectivity index (χ0v) is 18.1. The Labute approximate surface area is 166 Å². The van der Waals surface area contributed by atoms with Gasteiger partial charge in [0.2, 0.25) is 0 Å². The highest BCUT2D eigenvalue weighted by molar-refractivity contribution is 5.93. The zero-order chi connectivity index (χ0) is 19.9. The molecule has 0 bridgehead atoms. The van der Waals surface area contributed by atoms with Crippen molar-refractivity contribution in [2.24, 2.45) is 0 Å². The van der Waals surface area contributed by atoms with E-state index in [0.29, 0.717) is 17.9 Å². The molecule has 1 aromatic rings. The molecular weight excluding hydrogens is 336 g/mol. The topological polar surface area (TPSA) is 35.5 Å². The second-order valence-corrected chi connectivity index (χ2v) is 7.61. The maximum atomic E-state index is 12.3. The largest absolute Gasteiger partial charge is 0.496 e. The average Bonchev–Trinajstić information content (AvgIpc) is 2.67. The zero-order valence-electron chi connectivity index (χ0n) is 18.1. The summed E-state index contributed by atoms with van der Waals surface area (Å²) >= 11 is 0. The Hall–Kier alpha value is -1.51. The van der Waals surface area contributed by atoms with Crippen LogP contribution >= 0.6 is 0 Å². The molecule has 1 rings (SSSR count). The first-order valence-electron chi connectivity index (χ1n) is 10.9. The number of hydrogen-bond acceptors (Lipinski definition) is 3. The summed E-state index contributed by atoms with van der Waals surface area (Å²) in [6, 6.07) is 3.74. The molecule has 0 aliphatic carbocycles. The van der Waals surface area contributed by atoms with E-state index in [0.717, 1.165) is 24.0 Å². The van der Waals surface area contributed by atoms with Crippen LogP contribution in [0.15, 0.2) is 12.1 Å². The number of aryl methyl sites for hydroxylation is 1. The molecule has 3 heteroatoms. The monoisotopic (exact) mass is 376 g/mol. The van der Waals surface area contributed by atoms with Crippen LogP contribution in [0.5, 0.6) is 5.75 Å². The quantitative estimate of drug-likeness (QED) is 0.240. The summed E-state index contributed by atoms with van der Waals surface area (Å²) in [6.07, 6.45) is 15.6. The summed E-state index contributed by atoms with van der Waals surface area (Å²) in [5.74, 6) is 0.354. The molecule has 0 fully saturated rings. The van der Waals surface area contributed by atoms with Gasteiger partial charge < -0.3 is 9.47 Å². The fourth-order valence-corrected chi connectivity index (χ4v) is 3.40. The van der Waals surface area contributed by atoms with Gasteiger partial charge in [0, 0.05) is 0 Å². The highest BCUT2D eigenvalue weighted by Gasteiger charge is 2.16. The normalized spacial score (nSPS) is 10.8. The maximum absolute atomic E-state index is 12.3. The highest BCUT2D eigenvalue weighted by atomic mass is 16.5. The van der Waals surface area contributed by atoms with Gasteiger partial charge in [-0.2, -0.15) is 0 Å². The number of methoxy groups -OCH3 is 1. The van der Waals surface area contributed by atoms with Gasteiger partial charge in [-0.25, -0.2) is 4.79 Å². The number of hydrogen-bond donors (Lipinski definition) is 0. The van der Waals surface area contributed by atoms with Crippen LogP contribution in [-0.2, 0) is 4.74 Å². The van der Waals surface area contributed by atoms with Crippen molar-refractivity contribution in [2.75, 3.05) is 13.7 Å². The summed E-state index contributed by atoms with van der Waals surface area (Å²) in [5, 5.41) is 0. The summed E-state index contributed by atoms with van der Waals surface area (Å²) in [4.78, 5) is 12.3. The molecule has 3 nitrogen and oxygen atoms in total. The fraction of sp³-hybridized carbons (Fsp3) is 0.708. The van der Waals surface area contributed by atoms with Crippen LogP contribution in [-0.4, -0.2) is 19.7 Å². The standard InChI is InChI=1S/C24H40O3/c1-5-6-7-8-9-10-11-12-13-14-15-16-19-27-24(25)22-18-17-20(2)21(3)23(22)26-4/h17-18H,5-16,19H2,1-4H3. The van der Waals surface area contributed by atoms with Gasteiger partial charge in [-0.3, -0.25) is 0 Å². The van der Waals surface area contributed by atoms with Crippen molar-refractivity contribution in [1.82, 2.24) is 0 Å². The lowest BCUT2D eigenvalue weighted by molar-refractivity contribution is 0.0494. The average molecular weight is 377 g/mol. The first-order valence-corrected chi connectivity index (χ1v) is 10.9. The number of carbonyl (C=O) groups excluding carboxylic acids is 1. The maximum Gasteiger partial charge on any atom is 0.341 e. The van der Waals surface area contributed by atoms with E-state index in [2.05, 4.69) is 6.92 Å². The van der Waals surface area contributed by atoms with Crippen molar-refractivity contribution in [1.29, 1.82) is 0 Å². The van der Waals surface area contributed by atoms with E-state index in [-0.39, 0.29) is 5.97 Å². The molecule has 0 aromatic heterocycles. The third kappa shape index (κ3) is 9.30. The molecule has 0 aliphatic rings. The van der Waals surface area contributed by atoms with Gasteiger partial charge in [0.15, 0.2) is 0 Å². The smallest absolute Gasteiger partial charge is 0.341 e. The lowest BCUT2D eigenvalue weighted by atomic mass is 10.0. The summed E-state index contributed by atoms with van der Waals surface area (Å²) in [6.45, 7) is 6.74. The predicted octanol–water partition coefficient (Wildman–Crippen LogP) is 7.17. The van der Waals surface area contributed by atoms with Gasteiger partial charge in [-0.1, -0.05) is 83.6 Å². The summed E-state index contributed by atoms with van der Waals surface area (Å²) < 4.78 is 10.8. The van der Waals surface area contributed by atoms with E-state index in [4.69, 9.17) is 9.47 Å². The van der Waals surface area contributed by atoms with Crippen molar-refractivity contribution in [3.05, 3.63) is 28.8 Å². The van der Waals surface area contributed by atoms with Crippen LogP contribution in [0, 0.1) is 13.8 Å². The highest BCUT2D eigenvalue weighted by Crippen LogP contribution is 2.26. The second-order valence-electron chi connectivity index (χ2n) is 7.61. The van der Waals surface area contributed by atoms with E-state index >= 15 is 0 Å². The number of carbonyl (C=O) groups is 1. The van der Waals surface area contributed by atoms with E-state index in [1.54, 1.807) is 13.2 Å². The van der Waals surface area contributed by atoms with E-state index in [1.807, 2.05) is 19.9 Å². The van der Waals surface area contributed by atoms with Crippen LogP contribution in [0.4, 0.5) is 0 Å². The van der Waals surface area contributed by atoms with Crippen molar-refractivity contribution >= 4 is 5.97 Å². The molecule has 0 spiro atoms. The first-order chi connectivity index (χ1) is 13.1. The fourth-order valence-electron chi connectivity index (χ4n) is 3.40. The van der Waals surface area contributed by atoms with Crippen molar-refractivity contribution in [2.45, 2.75) is 97.8 Å². The molecule has 27 heavy (non-hydrogen) atoms. The van der Waals surface area contributed by atoms with Crippen molar-refractivity contribution < 1.29 is 14.3 Å². The molecule has 0 radical (unpaired) electrons. The van der Waals surface area contributed by atoms with Crippen molar-refractivity contribution in [3.8, 4) is 5.75 Å². The lowest BCUT2D eigenvalue weighted by Crippen LogP contribution is -2.09. The Morgan fingerprint density at radius 2 is 1.33 bits per heavy atom. The number of benzene rings is 1. The van der Waals surface area contributed by atoms with Gasteiger partial charge >= 0.3 is 5.97 Å². The number of unbranched alkanes of at least 4 members (excludes halogenated alkanes) is 11. The molecular formula is C24H40O3. The van der Waals surface area contributed by atoms with Gasteiger partial charge in [0.05, 0.1) is 13.7 Å². The van der Waals surface area contributed by atoms with E-state index in [9.17, 15) is 4.79 Å². The summed E-state index contributed by atoms with van der Waals surface area (Å²) in [5.41, 5.74) is 2.64. The van der Waals surface area contributed by atoms with E-state index < -0.39 is 0 Å². The molecule has 0 aliphatic heterocycles. The van der Waals surface area contributed by atoms with Crippen LogP contribution in [0.3, 0.4) is 0 Å². The Bertz CT molecular complexity index is 537. The third-order valence-corrected chi connectivity index (χ3v) is 5.33. The van der Waals surface area contributed by atoms with Gasteiger partial charge in [0.25, 0.3) is 0 Å². The Kier molecular flexibility index (Phi) is 12.7. The second kappa shape index (κ2) is 14.5. The molecule has 154 valence electrons. The molecule has 0 saturated heterocycles. The van der Waals surface area contributed by atoms with Crippen LogP contribution in [0.25, 0.3) is 0 Å². The summed E-state index contributed by atoms with van der Waals surface area (Å²) in [7, 11) is 1.60. The minimum absolute atomic E-state index is 0.280. The Morgan fingerprint density at radius 1 is 0.815 bits per heavy atom. The lowest BCUT2D eigenvalue weighted by Gasteiger charge is -2.13. The van der Waals surface area contributed by atoms with E-state index in [1.165, 1.54) is 64.2 Å². The number of rotatable bonds is 15. The van der Waals surface area contributed by atoms with Crippen LogP contribution in [0.2, 0.25) is 0 Å². The Morgan fingerprint density at radius 3 is 1.85 bits per heavy atom. The minimum atomic E-state index is -0.280. The SMILES string of the molecule is CCCCCCCCCCCCCCOC(=O)c1ccc(C)c(C)c1OC.